The zero-order valence-corrected chi connectivity index (χ0v) is 13.8. The van der Waals surface area contributed by atoms with Crippen LogP contribution < -0.4 is 15.4 Å². The van der Waals surface area contributed by atoms with Gasteiger partial charge in [0.05, 0.1) is 6.61 Å². The zero-order chi connectivity index (χ0) is 19.6. The van der Waals surface area contributed by atoms with E-state index in [1.165, 1.54) is 11.4 Å². The molecule has 0 heterocycles. The molecule has 142 valence electrons. The fraction of sp³-hybridized carbons (Fsp3) is 0.312. The Morgan fingerprint density at radius 1 is 1.19 bits per heavy atom. The number of rotatable bonds is 7. The number of alkyl halides is 3. The molecule has 0 aliphatic carbocycles. The molecule has 26 heavy (non-hydrogen) atoms. The number of para-hydroxylation sites is 1. The molecule has 1 aromatic carbocycles. The monoisotopic (exact) mass is 374 g/mol. The summed E-state index contributed by atoms with van der Waals surface area (Å²) < 4.78 is 45.6. The lowest BCUT2D eigenvalue weighted by atomic mass is 10.2. The molecule has 0 aliphatic heterocycles. The summed E-state index contributed by atoms with van der Waals surface area (Å²) >= 11 is 0. The molecule has 0 radical (unpaired) electrons. The number of esters is 1. The molecule has 0 saturated heterocycles. The molecule has 10 heteroatoms. The van der Waals surface area contributed by atoms with E-state index in [0.29, 0.717) is 17.9 Å². The van der Waals surface area contributed by atoms with Gasteiger partial charge >= 0.3 is 18.2 Å². The lowest BCUT2D eigenvalue weighted by Gasteiger charge is -2.09. The Hall–Kier alpha value is -3.04. The van der Waals surface area contributed by atoms with Crippen molar-refractivity contribution in [2.75, 3.05) is 19.8 Å². The normalized spacial score (nSPS) is 11.1. The maximum Gasteiger partial charge on any atom is 0.405 e. The number of hydrogen-bond donors (Lipinski definition) is 2. The summed E-state index contributed by atoms with van der Waals surface area (Å²) in [5, 5.41) is 3.04. The third-order valence-corrected chi connectivity index (χ3v) is 2.67. The Bertz CT molecular complexity index is 674. The second-order valence-electron chi connectivity index (χ2n) is 4.76. The zero-order valence-electron chi connectivity index (χ0n) is 13.8. The molecule has 0 spiro atoms. The van der Waals surface area contributed by atoms with Crippen LogP contribution in [0.3, 0.4) is 0 Å². The number of hydrogen-bond acceptors (Lipinski definition) is 5. The summed E-state index contributed by atoms with van der Waals surface area (Å²) in [5.41, 5.74) is 0.613. The van der Waals surface area contributed by atoms with E-state index >= 15 is 0 Å². The summed E-state index contributed by atoms with van der Waals surface area (Å²) in [6.45, 7) is -0.173. The number of urea groups is 1. The highest BCUT2D eigenvalue weighted by Crippen LogP contribution is 2.19. The first kappa shape index (κ1) is 21.0. The SMILES string of the molecule is CCOc1ccccc1/C=C/C(=O)OCC(=O)NC(=O)NCC(F)(F)F. The lowest BCUT2D eigenvalue weighted by molar-refractivity contribution is -0.143. The molecule has 7 nitrogen and oxygen atoms in total. The van der Waals surface area contributed by atoms with E-state index in [0.717, 1.165) is 6.08 Å². The van der Waals surface area contributed by atoms with Crippen LogP contribution in [0.2, 0.25) is 0 Å². The van der Waals surface area contributed by atoms with Crippen LogP contribution in [0.25, 0.3) is 6.08 Å². The van der Waals surface area contributed by atoms with Gasteiger partial charge in [-0.05, 0) is 19.1 Å². The van der Waals surface area contributed by atoms with Crippen LogP contribution in [0, 0.1) is 0 Å². The number of benzene rings is 1. The smallest absolute Gasteiger partial charge is 0.405 e. The number of nitrogens with one attached hydrogen (secondary N) is 2. The summed E-state index contributed by atoms with van der Waals surface area (Å²) in [7, 11) is 0. The van der Waals surface area contributed by atoms with Gasteiger partial charge in [-0.2, -0.15) is 13.2 Å². The van der Waals surface area contributed by atoms with E-state index in [-0.39, 0.29) is 0 Å². The van der Waals surface area contributed by atoms with Crippen LogP contribution in [0.5, 0.6) is 5.75 Å². The van der Waals surface area contributed by atoms with Crippen molar-refractivity contribution in [3.63, 3.8) is 0 Å². The molecular weight excluding hydrogens is 357 g/mol. The number of amides is 3. The van der Waals surface area contributed by atoms with E-state index in [9.17, 15) is 27.6 Å². The predicted molar refractivity (Wildman–Crippen MR) is 85.2 cm³/mol. The number of halogens is 3. The minimum atomic E-state index is -4.60. The van der Waals surface area contributed by atoms with Gasteiger partial charge in [-0.25, -0.2) is 9.59 Å². The molecule has 0 saturated carbocycles. The van der Waals surface area contributed by atoms with Gasteiger partial charge in [-0.1, -0.05) is 18.2 Å². The largest absolute Gasteiger partial charge is 0.493 e. The average Bonchev–Trinajstić information content (AvgIpc) is 2.57. The van der Waals surface area contributed by atoms with Gasteiger partial charge in [0, 0.05) is 11.6 Å². The van der Waals surface area contributed by atoms with E-state index in [2.05, 4.69) is 4.74 Å². The summed E-state index contributed by atoms with van der Waals surface area (Å²) in [4.78, 5) is 33.9. The molecule has 0 fully saturated rings. The van der Waals surface area contributed by atoms with Gasteiger partial charge in [0.25, 0.3) is 5.91 Å². The van der Waals surface area contributed by atoms with E-state index < -0.39 is 37.2 Å². The average molecular weight is 374 g/mol. The molecule has 0 aromatic heterocycles. The number of carbonyl (C=O) groups is 3. The van der Waals surface area contributed by atoms with Crippen molar-refractivity contribution in [2.45, 2.75) is 13.1 Å². The first-order chi connectivity index (χ1) is 12.2. The molecule has 0 aliphatic rings. The van der Waals surface area contributed by atoms with Gasteiger partial charge < -0.3 is 14.8 Å². The van der Waals surface area contributed by atoms with Gasteiger partial charge in [0.1, 0.15) is 12.3 Å². The molecule has 2 N–H and O–H groups in total. The third-order valence-electron chi connectivity index (χ3n) is 2.67. The van der Waals surface area contributed by atoms with Crippen LogP contribution in [0.15, 0.2) is 30.3 Å². The van der Waals surface area contributed by atoms with Crippen molar-refractivity contribution < 1.29 is 37.0 Å². The van der Waals surface area contributed by atoms with E-state index in [1.54, 1.807) is 36.5 Å². The molecule has 1 rings (SSSR count). The highest BCUT2D eigenvalue weighted by molar-refractivity contribution is 5.96. The summed E-state index contributed by atoms with van der Waals surface area (Å²) in [6.07, 6.45) is -2.13. The van der Waals surface area contributed by atoms with Gasteiger partial charge in [0.15, 0.2) is 6.61 Å². The third kappa shape index (κ3) is 8.71. The highest BCUT2D eigenvalue weighted by Gasteiger charge is 2.28. The fourth-order valence-electron chi connectivity index (χ4n) is 1.64. The number of carbonyl (C=O) groups excluding carboxylic acids is 3. The molecule has 3 amide bonds. The van der Waals surface area contributed by atoms with Crippen LogP contribution in [0.4, 0.5) is 18.0 Å². The summed E-state index contributed by atoms with van der Waals surface area (Å²) in [5.74, 6) is -1.39. The standard InChI is InChI=1S/C16H17F3N2O5/c1-2-25-12-6-4-3-5-11(12)7-8-14(23)26-9-13(22)21-15(24)20-10-16(17,18)19/h3-8H,2,9-10H2,1H3,(H2,20,21,22,24)/b8-7+. The summed E-state index contributed by atoms with van der Waals surface area (Å²) in [6, 6.07) is 5.56. The van der Waals surface area contributed by atoms with Crippen molar-refractivity contribution in [3.8, 4) is 5.75 Å². The first-order valence-electron chi connectivity index (χ1n) is 7.42. The Morgan fingerprint density at radius 3 is 2.54 bits per heavy atom. The minimum absolute atomic E-state index is 0.436. The Balaban J connectivity index is 2.42. The van der Waals surface area contributed by atoms with E-state index in [1.807, 2.05) is 0 Å². The molecular formula is C16H17F3N2O5. The fourth-order valence-corrected chi connectivity index (χ4v) is 1.64. The van der Waals surface area contributed by atoms with Crippen LogP contribution in [-0.2, 0) is 14.3 Å². The highest BCUT2D eigenvalue weighted by atomic mass is 19.4. The molecule has 0 atom stereocenters. The van der Waals surface area contributed by atoms with Crippen molar-refractivity contribution in [3.05, 3.63) is 35.9 Å². The van der Waals surface area contributed by atoms with Crippen LogP contribution >= 0.6 is 0 Å². The maximum atomic E-state index is 11.9. The predicted octanol–water partition coefficient (Wildman–Crippen LogP) is 2.03. The molecule has 0 unspecified atom stereocenters. The maximum absolute atomic E-state index is 11.9. The van der Waals surface area contributed by atoms with E-state index in [4.69, 9.17) is 4.74 Å². The lowest BCUT2D eigenvalue weighted by Crippen LogP contribution is -2.44. The van der Waals surface area contributed by atoms with Gasteiger partial charge in [0.2, 0.25) is 0 Å². The van der Waals surface area contributed by atoms with Crippen molar-refractivity contribution in [1.29, 1.82) is 0 Å². The Morgan fingerprint density at radius 2 is 1.88 bits per heavy atom. The molecule has 0 bridgehead atoms. The van der Waals surface area contributed by atoms with Crippen LogP contribution in [0.1, 0.15) is 12.5 Å². The topological polar surface area (TPSA) is 93.7 Å². The minimum Gasteiger partial charge on any atom is -0.493 e. The second-order valence-corrected chi connectivity index (χ2v) is 4.76. The number of ether oxygens (including phenoxy) is 2. The Kier molecular flexibility index (Phi) is 8.13. The second kappa shape index (κ2) is 10.1. The van der Waals surface area contributed by atoms with Gasteiger partial charge in [-0.3, -0.25) is 10.1 Å². The quantitative estimate of drug-likeness (QED) is 0.563. The number of imide groups is 1. The Labute approximate surface area is 147 Å². The van der Waals surface area contributed by atoms with Gasteiger partial charge in [-0.15, -0.1) is 0 Å². The molecule has 1 aromatic rings. The van der Waals surface area contributed by atoms with Crippen molar-refractivity contribution in [1.82, 2.24) is 10.6 Å². The first-order valence-corrected chi connectivity index (χ1v) is 7.42. The van der Waals surface area contributed by atoms with Crippen molar-refractivity contribution in [2.24, 2.45) is 0 Å². The van der Waals surface area contributed by atoms with Crippen molar-refractivity contribution >= 4 is 24.0 Å². The van der Waals surface area contributed by atoms with Crippen LogP contribution in [-0.4, -0.2) is 43.8 Å².